The van der Waals surface area contributed by atoms with Crippen molar-refractivity contribution in [3.63, 3.8) is 0 Å². The van der Waals surface area contributed by atoms with Crippen LogP contribution >= 0.6 is 0 Å². The van der Waals surface area contributed by atoms with Crippen LogP contribution in [0.5, 0.6) is 0 Å². The molecule has 17 heavy (non-hydrogen) atoms. The molecule has 0 aliphatic heterocycles. The van der Waals surface area contributed by atoms with Crippen molar-refractivity contribution in [2.45, 2.75) is 80.1 Å². The van der Waals surface area contributed by atoms with Gasteiger partial charge in [-0.3, -0.25) is 0 Å². The Hall–Kier alpha value is 0. The SMILES string of the molecule is CCC(CCC(C)C)C1CCC1(C)C(C)CC. The van der Waals surface area contributed by atoms with Crippen molar-refractivity contribution in [2.75, 3.05) is 0 Å². The van der Waals surface area contributed by atoms with Gasteiger partial charge in [-0.15, -0.1) is 0 Å². The summed E-state index contributed by atoms with van der Waals surface area (Å²) in [5, 5.41) is 0. The smallest absolute Gasteiger partial charge is 0.0269 e. The fourth-order valence-electron chi connectivity index (χ4n) is 3.86. The molecule has 0 aromatic rings. The van der Waals surface area contributed by atoms with Crippen molar-refractivity contribution in [1.82, 2.24) is 0 Å². The summed E-state index contributed by atoms with van der Waals surface area (Å²) in [5.74, 6) is 3.79. The van der Waals surface area contributed by atoms with Crippen LogP contribution in [0.2, 0.25) is 0 Å². The molecule has 0 nitrogen and oxygen atoms in total. The first kappa shape index (κ1) is 15.1. The van der Waals surface area contributed by atoms with Crippen LogP contribution in [0.1, 0.15) is 80.1 Å². The average molecular weight is 238 g/mol. The lowest BCUT2D eigenvalue weighted by Gasteiger charge is -2.55. The topological polar surface area (TPSA) is 0 Å². The van der Waals surface area contributed by atoms with E-state index < -0.39 is 0 Å². The highest BCUT2D eigenvalue weighted by Crippen LogP contribution is 2.57. The molecule has 102 valence electrons. The lowest BCUT2D eigenvalue weighted by Crippen LogP contribution is -2.46. The lowest BCUT2D eigenvalue weighted by molar-refractivity contribution is -0.0501. The third-order valence-electron chi connectivity index (χ3n) is 5.79. The van der Waals surface area contributed by atoms with Crippen LogP contribution in [0.25, 0.3) is 0 Å². The van der Waals surface area contributed by atoms with Crippen molar-refractivity contribution in [1.29, 1.82) is 0 Å². The fourth-order valence-corrected chi connectivity index (χ4v) is 3.86. The molecule has 0 amide bonds. The van der Waals surface area contributed by atoms with Crippen LogP contribution in [0.15, 0.2) is 0 Å². The lowest BCUT2D eigenvalue weighted by atomic mass is 9.50. The van der Waals surface area contributed by atoms with E-state index in [0.717, 1.165) is 23.7 Å². The van der Waals surface area contributed by atoms with Crippen LogP contribution in [-0.4, -0.2) is 0 Å². The normalized spacial score (nSPS) is 32.3. The van der Waals surface area contributed by atoms with Gasteiger partial charge in [-0.1, -0.05) is 60.8 Å². The number of hydrogen-bond donors (Lipinski definition) is 0. The maximum absolute atomic E-state index is 2.56. The van der Waals surface area contributed by atoms with Gasteiger partial charge in [-0.2, -0.15) is 0 Å². The molecule has 4 atom stereocenters. The van der Waals surface area contributed by atoms with E-state index in [0.29, 0.717) is 5.41 Å². The Kier molecular flexibility index (Phi) is 5.54. The molecule has 0 aromatic heterocycles. The van der Waals surface area contributed by atoms with E-state index in [-0.39, 0.29) is 0 Å². The van der Waals surface area contributed by atoms with Gasteiger partial charge in [-0.25, -0.2) is 0 Å². The van der Waals surface area contributed by atoms with Gasteiger partial charge >= 0.3 is 0 Å². The molecular weight excluding hydrogens is 204 g/mol. The van der Waals surface area contributed by atoms with Crippen molar-refractivity contribution in [3.05, 3.63) is 0 Å². The monoisotopic (exact) mass is 238 g/mol. The molecule has 0 aromatic carbocycles. The van der Waals surface area contributed by atoms with Crippen LogP contribution in [0.3, 0.4) is 0 Å². The van der Waals surface area contributed by atoms with Crippen LogP contribution in [0.4, 0.5) is 0 Å². The first-order valence-corrected chi connectivity index (χ1v) is 7.95. The molecule has 0 radical (unpaired) electrons. The Bertz CT molecular complexity index is 218. The van der Waals surface area contributed by atoms with Gasteiger partial charge in [0.25, 0.3) is 0 Å². The Morgan fingerprint density at radius 2 is 1.71 bits per heavy atom. The third kappa shape index (κ3) is 3.26. The van der Waals surface area contributed by atoms with Crippen molar-refractivity contribution < 1.29 is 0 Å². The number of rotatable bonds is 7. The first-order valence-electron chi connectivity index (χ1n) is 7.95. The highest BCUT2D eigenvalue weighted by molar-refractivity contribution is 4.97. The minimum absolute atomic E-state index is 0.659. The number of hydrogen-bond acceptors (Lipinski definition) is 0. The second-order valence-electron chi connectivity index (χ2n) is 7.10. The highest BCUT2D eigenvalue weighted by atomic mass is 14.5. The summed E-state index contributed by atoms with van der Waals surface area (Å²) in [7, 11) is 0. The van der Waals surface area contributed by atoms with E-state index >= 15 is 0 Å². The summed E-state index contributed by atoms with van der Waals surface area (Å²) in [6.07, 6.45) is 8.61. The van der Waals surface area contributed by atoms with Gasteiger partial charge in [0.15, 0.2) is 0 Å². The van der Waals surface area contributed by atoms with Gasteiger partial charge in [0.2, 0.25) is 0 Å². The van der Waals surface area contributed by atoms with Crippen LogP contribution in [-0.2, 0) is 0 Å². The van der Waals surface area contributed by atoms with E-state index in [1.165, 1.54) is 38.5 Å². The van der Waals surface area contributed by atoms with E-state index in [1.54, 1.807) is 0 Å². The summed E-state index contributed by atoms with van der Waals surface area (Å²) in [6.45, 7) is 14.5. The Morgan fingerprint density at radius 3 is 2.06 bits per heavy atom. The highest BCUT2D eigenvalue weighted by Gasteiger charge is 2.48. The Labute approximate surface area is 110 Å². The molecule has 0 bridgehead atoms. The van der Waals surface area contributed by atoms with Crippen molar-refractivity contribution in [3.8, 4) is 0 Å². The van der Waals surface area contributed by atoms with Gasteiger partial charge in [0.1, 0.15) is 0 Å². The molecule has 0 heterocycles. The predicted molar refractivity (Wildman–Crippen MR) is 78.1 cm³/mol. The summed E-state index contributed by atoms with van der Waals surface area (Å²) in [4.78, 5) is 0. The first-order chi connectivity index (χ1) is 7.95. The molecule has 0 N–H and O–H groups in total. The molecule has 1 saturated carbocycles. The minimum atomic E-state index is 0.659. The van der Waals surface area contributed by atoms with Gasteiger partial charge < -0.3 is 0 Å². The van der Waals surface area contributed by atoms with Crippen molar-refractivity contribution >= 4 is 0 Å². The van der Waals surface area contributed by atoms with E-state index in [1.807, 2.05) is 0 Å². The molecule has 4 unspecified atom stereocenters. The fraction of sp³-hybridized carbons (Fsp3) is 1.00. The van der Waals surface area contributed by atoms with Gasteiger partial charge in [-0.05, 0) is 48.3 Å². The Morgan fingerprint density at radius 1 is 1.06 bits per heavy atom. The summed E-state index contributed by atoms with van der Waals surface area (Å²) < 4.78 is 0. The second kappa shape index (κ2) is 6.25. The third-order valence-corrected chi connectivity index (χ3v) is 5.79. The zero-order valence-corrected chi connectivity index (χ0v) is 13.1. The molecule has 1 fully saturated rings. The van der Waals surface area contributed by atoms with E-state index in [2.05, 4.69) is 41.5 Å². The van der Waals surface area contributed by atoms with Crippen LogP contribution < -0.4 is 0 Å². The van der Waals surface area contributed by atoms with E-state index in [4.69, 9.17) is 0 Å². The second-order valence-corrected chi connectivity index (χ2v) is 7.10. The van der Waals surface area contributed by atoms with Crippen molar-refractivity contribution in [2.24, 2.45) is 29.1 Å². The minimum Gasteiger partial charge on any atom is -0.0651 e. The molecule has 1 aliphatic carbocycles. The van der Waals surface area contributed by atoms with Gasteiger partial charge in [0.05, 0.1) is 0 Å². The molecule has 0 saturated heterocycles. The summed E-state index contributed by atoms with van der Waals surface area (Å²) in [6, 6.07) is 0. The predicted octanol–water partition coefficient (Wildman–Crippen LogP) is 5.91. The van der Waals surface area contributed by atoms with Crippen LogP contribution in [0, 0.1) is 29.1 Å². The molecular formula is C17H34. The average Bonchev–Trinajstić information content (AvgIpc) is 2.30. The standard InChI is InChI=1S/C17H34/c1-7-14(5)17(6)12-11-16(17)15(8-2)10-9-13(3)4/h13-16H,7-12H2,1-6H3. The maximum atomic E-state index is 2.56. The molecule has 1 aliphatic rings. The summed E-state index contributed by atoms with van der Waals surface area (Å²) >= 11 is 0. The largest absolute Gasteiger partial charge is 0.0651 e. The maximum Gasteiger partial charge on any atom is -0.0269 e. The molecule has 0 heteroatoms. The zero-order chi connectivity index (χ0) is 13.1. The van der Waals surface area contributed by atoms with E-state index in [9.17, 15) is 0 Å². The Balaban J connectivity index is 2.57. The summed E-state index contributed by atoms with van der Waals surface area (Å²) in [5.41, 5.74) is 0.659. The quantitative estimate of drug-likeness (QED) is 0.517. The zero-order valence-electron chi connectivity index (χ0n) is 13.1. The molecule has 0 spiro atoms. The molecule has 1 rings (SSSR count). The van der Waals surface area contributed by atoms with Gasteiger partial charge in [0, 0.05) is 0 Å².